The van der Waals surface area contributed by atoms with Gasteiger partial charge in [0, 0.05) is 77.8 Å². The molecule has 6 aliphatic rings. The Morgan fingerprint density at radius 3 is 1.28 bits per heavy atom. The predicted molar refractivity (Wildman–Crippen MR) is 244 cm³/mol. The smallest absolute Gasteiger partial charge is 0.303 e. The molecule has 2 aliphatic heterocycles. The molecule has 2 heterocycles. The number of nitrogens with zero attached hydrogens (tertiary/aromatic N) is 4. The molecule has 0 aromatic heterocycles. The third-order valence-corrected chi connectivity index (χ3v) is 14.3. The lowest BCUT2D eigenvalue weighted by Crippen LogP contribution is -2.52. The van der Waals surface area contributed by atoms with Gasteiger partial charge in [0.25, 0.3) is 11.8 Å². The van der Waals surface area contributed by atoms with Gasteiger partial charge in [0.15, 0.2) is 0 Å². The number of Topliss-reactive ketones (excluding diaryl/α,β-unsaturated/α-hetero) is 1. The summed E-state index contributed by atoms with van der Waals surface area (Å²) in [5.41, 5.74) is 5.26. The molecular weight excluding hydrogens is 805 g/mol. The summed E-state index contributed by atoms with van der Waals surface area (Å²) < 4.78 is 0. The van der Waals surface area contributed by atoms with Crippen molar-refractivity contribution in [2.75, 3.05) is 9.80 Å². The number of carboxylic acids is 1. The standard InChI is InChI=1S/C27H30N2O3.C26H28N2O4/c1-18(30)14-17-25(31)28(20-15-16-20)26-21-10-5-6-12-23(21)29(24-13-7-11-22(24)26)27(32)19-8-3-2-4-9-19;29-23(15-16-24(30)31)27(18-13-14-18)25-19-9-4-5-11-21(19)28(22-12-6-10-20(22)25)26(32)17-7-2-1-3-8-17/h2-6,8-10,12,20,22,24,26H,7,11,13-17H2,1H3;1-5,7-9,11,18,20,22,25H,6,10,12-16H2,(H,30,31)/t22-,24+,26+;20-,22+,25+/m01/s1. The zero-order valence-corrected chi connectivity index (χ0v) is 36.6. The lowest BCUT2D eigenvalue weighted by atomic mass is 9.81. The number of carbonyl (C=O) groups excluding carboxylic acids is 5. The SMILES string of the molecule is CC(=O)CCC(=O)N(C1CC1)[C@@H]1c2ccccc2N(C(=O)c2ccccc2)[C@@H]2CCC[C@@H]21.O=C(O)CCC(=O)N(C1CC1)[C@H]1c2ccccc2N(C(=O)c2ccccc2)[C@H]2CCC[C@H]21. The van der Waals surface area contributed by atoms with Crippen LogP contribution in [0.25, 0.3) is 0 Å². The zero-order chi connectivity index (χ0) is 44.5. The molecule has 0 radical (unpaired) electrons. The second kappa shape index (κ2) is 18.6. The maximum Gasteiger partial charge on any atom is 0.303 e. The fourth-order valence-electron chi connectivity index (χ4n) is 11.4. The van der Waals surface area contributed by atoms with Gasteiger partial charge in [0.1, 0.15) is 5.78 Å². The third-order valence-electron chi connectivity index (χ3n) is 14.3. The van der Waals surface area contributed by atoms with E-state index in [-0.39, 0.29) is 96.8 Å². The summed E-state index contributed by atoms with van der Waals surface area (Å²) in [6.45, 7) is 1.55. The van der Waals surface area contributed by atoms with Crippen LogP contribution >= 0.6 is 0 Å². The number of fused-ring (bicyclic) bond motifs is 4. The van der Waals surface area contributed by atoms with E-state index in [4.69, 9.17) is 5.11 Å². The number of carbonyl (C=O) groups is 6. The number of benzene rings is 4. The van der Waals surface area contributed by atoms with Crippen LogP contribution in [0.3, 0.4) is 0 Å². The first-order valence-corrected chi connectivity index (χ1v) is 23.4. The van der Waals surface area contributed by atoms with E-state index in [1.54, 1.807) is 6.92 Å². The number of amides is 4. The fraction of sp³-hybridized carbons (Fsp3) is 0.434. The molecule has 0 saturated heterocycles. The average molecular weight is 863 g/mol. The Hall–Kier alpha value is -6.10. The molecule has 0 bridgehead atoms. The van der Waals surface area contributed by atoms with E-state index in [0.29, 0.717) is 17.5 Å². The van der Waals surface area contributed by atoms with Crippen LogP contribution in [0.2, 0.25) is 0 Å². The molecule has 332 valence electrons. The van der Waals surface area contributed by atoms with Gasteiger partial charge >= 0.3 is 5.97 Å². The van der Waals surface area contributed by atoms with Crippen LogP contribution in [0.4, 0.5) is 11.4 Å². The van der Waals surface area contributed by atoms with E-state index in [9.17, 15) is 28.8 Å². The Kier molecular flexibility index (Phi) is 12.5. The van der Waals surface area contributed by atoms with Crippen LogP contribution in [0.15, 0.2) is 109 Å². The summed E-state index contributed by atoms with van der Waals surface area (Å²) >= 11 is 0. The van der Waals surface area contributed by atoms with Crippen molar-refractivity contribution in [2.24, 2.45) is 11.8 Å². The molecule has 4 aliphatic carbocycles. The second-order valence-electron chi connectivity index (χ2n) is 18.6. The van der Waals surface area contributed by atoms with Crippen molar-refractivity contribution in [1.82, 2.24) is 9.80 Å². The normalized spacial score (nSPS) is 23.9. The summed E-state index contributed by atoms with van der Waals surface area (Å²) in [6.07, 6.45) is 10.3. The second-order valence-corrected chi connectivity index (χ2v) is 18.6. The maximum atomic E-state index is 13.6. The largest absolute Gasteiger partial charge is 0.481 e. The Morgan fingerprint density at radius 2 is 0.891 bits per heavy atom. The number of anilines is 2. The Morgan fingerprint density at radius 1 is 0.500 bits per heavy atom. The monoisotopic (exact) mass is 862 g/mol. The van der Waals surface area contributed by atoms with E-state index in [1.807, 2.05) is 118 Å². The van der Waals surface area contributed by atoms with E-state index < -0.39 is 5.97 Å². The van der Waals surface area contributed by atoms with Gasteiger partial charge in [0.05, 0.1) is 18.5 Å². The molecule has 11 nitrogen and oxygen atoms in total. The van der Waals surface area contributed by atoms with Gasteiger partial charge in [-0.15, -0.1) is 0 Å². The summed E-state index contributed by atoms with van der Waals surface area (Å²) in [5, 5.41) is 9.11. The number of hydrogen-bond acceptors (Lipinski definition) is 6. The quantitative estimate of drug-likeness (QED) is 0.150. The van der Waals surface area contributed by atoms with Crippen LogP contribution < -0.4 is 9.80 Å². The maximum absolute atomic E-state index is 13.6. The summed E-state index contributed by atoms with van der Waals surface area (Å²) in [4.78, 5) is 84.6. The van der Waals surface area contributed by atoms with Gasteiger partial charge in [-0.1, -0.05) is 85.6 Å². The predicted octanol–water partition coefficient (Wildman–Crippen LogP) is 9.33. The van der Waals surface area contributed by atoms with Crippen molar-refractivity contribution in [3.63, 3.8) is 0 Å². The Labute approximate surface area is 375 Å². The van der Waals surface area contributed by atoms with Gasteiger partial charge in [0.2, 0.25) is 11.8 Å². The molecule has 10 rings (SSSR count). The highest BCUT2D eigenvalue weighted by atomic mass is 16.4. The van der Waals surface area contributed by atoms with E-state index in [2.05, 4.69) is 11.0 Å². The van der Waals surface area contributed by atoms with Gasteiger partial charge in [-0.25, -0.2) is 0 Å². The van der Waals surface area contributed by atoms with Gasteiger partial charge < -0.3 is 29.5 Å². The molecule has 4 fully saturated rings. The van der Waals surface area contributed by atoms with Crippen molar-refractivity contribution in [3.8, 4) is 0 Å². The number of aliphatic carboxylic acids is 1. The van der Waals surface area contributed by atoms with Crippen LogP contribution in [0, 0.1) is 11.8 Å². The number of para-hydroxylation sites is 2. The molecule has 0 unspecified atom stereocenters. The minimum absolute atomic E-state index is 0.00331. The van der Waals surface area contributed by atoms with Crippen molar-refractivity contribution >= 4 is 46.8 Å². The lowest BCUT2D eigenvalue weighted by Gasteiger charge is -2.48. The van der Waals surface area contributed by atoms with Crippen molar-refractivity contribution in [2.45, 2.75) is 133 Å². The molecule has 4 amide bonds. The molecule has 4 aromatic rings. The highest BCUT2D eigenvalue weighted by Gasteiger charge is 2.53. The minimum Gasteiger partial charge on any atom is -0.481 e. The summed E-state index contributed by atoms with van der Waals surface area (Å²) in [6, 6.07) is 35.4. The van der Waals surface area contributed by atoms with Gasteiger partial charge in [-0.2, -0.15) is 0 Å². The first kappa shape index (κ1) is 43.2. The third kappa shape index (κ3) is 8.61. The van der Waals surface area contributed by atoms with E-state index in [0.717, 1.165) is 86.7 Å². The highest BCUT2D eigenvalue weighted by molar-refractivity contribution is 6.08. The average Bonchev–Trinajstić information content (AvgIpc) is 4.24. The molecule has 6 atom stereocenters. The number of hydrogen-bond donors (Lipinski definition) is 1. The van der Waals surface area contributed by atoms with Gasteiger partial charge in [-0.3, -0.25) is 24.0 Å². The molecule has 11 heteroatoms. The van der Waals surface area contributed by atoms with Crippen LogP contribution in [0.1, 0.15) is 141 Å². The Balaban J connectivity index is 0.000000162. The zero-order valence-electron chi connectivity index (χ0n) is 36.6. The van der Waals surface area contributed by atoms with E-state index >= 15 is 0 Å². The molecule has 1 N–H and O–H groups in total. The number of ketones is 1. The van der Waals surface area contributed by atoms with Crippen LogP contribution in [0.5, 0.6) is 0 Å². The molecular formula is C53H58N4O7. The van der Waals surface area contributed by atoms with Crippen LogP contribution in [-0.4, -0.2) is 74.5 Å². The van der Waals surface area contributed by atoms with Crippen LogP contribution in [-0.2, 0) is 19.2 Å². The summed E-state index contributed by atoms with van der Waals surface area (Å²) in [7, 11) is 0. The minimum atomic E-state index is -0.948. The first-order chi connectivity index (χ1) is 31.1. The van der Waals surface area contributed by atoms with Crippen molar-refractivity contribution in [3.05, 3.63) is 131 Å². The Bertz CT molecular complexity index is 2230. The molecule has 0 spiro atoms. The molecule has 64 heavy (non-hydrogen) atoms. The summed E-state index contributed by atoms with van der Waals surface area (Å²) in [5.74, 6) is -0.476. The topological polar surface area (TPSA) is 136 Å². The fourth-order valence-corrected chi connectivity index (χ4v) is 11.4. The molecule has 4 saturated carbocycles. The molecule has 4 aromatic carbocycles. The van der Waals surface area contributed by atoms with Crippen molar-refractivity contribution in [1.29, 1.82) is 0 Å². The van der Waals surface area contributed by atoms with Gasteiger partial charge in [-0.05, 0) is 106 Å². The highest BCUT2D eigenvalue weighted by Crippen LogP contribution is 2.54. The lowest BCUT2D eigenvalue weighted by molar-refractivity contribution is -0.142. The van der Waals surface area contributed by atoms with E-state index in [1.165, 1.54) is 0 Å². The van der Waals surface area contributed by atoms with Crippen molar-refractivity contribution < 1.29 is 33.9 Å². The first-order valence-electron chi connectivity index (χ1n) is 23.4. The number of carboxylic acid groups (broad SMARTS) is 1. The number of rotatable bonds is 12.